The van der Waals surface area contributed by atoms with Gasteiger partial charge in [0.05, 0.1) is 5.52 Å². The zero-order chi connectivity index (χ0) is 13.9. The van der Waals surface area contributed by atoms with Gasteiger partial charge in [0, 0.05) is 17.1 Å². The van der Waals surface area contributed by atoms with Crippen molar-refractivity contribution in [1.82, 2.24) is 10.3 Å². The molecule has 1 N–H and O–H groups in total. The number of rotatable bonds is 4. The highest BCUT2D eigenvalue weighted by Gasteiger charge is 2.12. The molecule has 0 aliphatic heterocycles. The van der Waals surface area contributed by atoms with Gasteiger partial charge in [0.15, 0.2) is 0 Å². The van der Waals surface area contributed by atoms with Gasteiger partial charge in [0.1, 0.15) is 0 Å². The second kappa shape index (κ2) is 5.70. The lowest BCUT2D eigenvalue weighted by atomic mass is 9.95. The van der Waals surface area contributed by atoms with E-state index in [9.17, 15) is 0 Å². The van der Waals surface area contributed by atoms with Gasteiger partial charge in [-0.2, -0.15) is 0 Å². The number of nitrogens with zero attached hydrogens (tertiary/aromatic N) is 1. The maximum absolute atomic E-state index is 4.54. The minimum absolute atomic E-state index is 0.191. The Balaban J connectivity index is 2.11. The largest absolute Gasteiger partial charge is 0.312 e. The number of nitrogens with one attached hydrogen (secondary N) is 1. The number of hydrogen-bond donors (Lipinski definition) is 1. The van der Waals surface area contributed by atoms with Crippen molar-refractivity contribution in [3.05, 3.63) is 42.1 Å². The Morgan fingerprint density at radius 3 is 2.63 bits per heavy atom. The first kappa shape index (κ1) is 14.0. The van der Waals surface area contributed by atoms with Crippen LogP contribution >= 0.6 is 0 Å². The Kier molecular flexibility index (Phi) is 4.20. The molecule has 0 amide bonds. The van der Waals surface area contributed by atoms with Crippen LogP contribution in [-0.2, 0) is 0 Å². The lowest BCUT2D eigenvalue weighted by molar-refractivity contribution is 0.414. The van der Waals surface area contributed by atoms with E-state index < -0.39 is 0 Å². The van der Waals surface area contributed by atoms with Crippen molar-refractivity contribution in [3.63, 3.8) is 0 Å². The molecule has 1 atom stereocenters. The molecule has 0 saturated carbocycles. The number of fused-ring (bicyclic) bond motifs is 1. The van der Waals surface area contributed by atoms with Crippen LogP contribution in [0.15, 0.2) is 36.5 Å². The van der Waals surface area contributed by atoms with Gasteiger partial charge in [0.2, 0.25) is 0 Å². The predicted molar refractivity (Wildman–Crippen MR) is 82.5 cm³/mol. The minimum Gasteiger partial charge on any atom is -0.312 e. The van der Waals surface area contributed by atoms with Crippen LogP contribution in [0.1, 0.15) is 45.6 Å². The zero-order valence-corrected chi connectivity index (χ0v) is 12.4. The first-order valence-corrected chi connectivity index (χ1v) is 7.06. The van der Waals surface area contributed by atoms with Crippen molar-refractivity contribution in [1.29, 1.82) is 0 Å². The Bertz CT molecular complexity index is 535. The van der Waals surface area contributed by atoms with Gasteiger partial charge in [0.25, 0.3) is 0 Å². The van der Waals surface area contributed by atoms with Crippen molar-refractivity contribution in [2.45, 2.75) is 45.6 Å². The maximum atomic E-state index is 4.54. The number of hydrogen-bond acceptors (Lipinski definition) is 2. The van der Waals surface area contributed by atoms with Crippen molar-refractivity contribution in [2.75, 3.05) is 6.54 Å². The smallest absolute Gasteiger partial charge is 0.0736 e. The summed E-state index contributed by atoms with van der Waals surface area (Å²) in [6.07, 6.45) is 3.01. The molecule has 0 saturated heterocycles. The van der Waals surface area contributed by atoms with E-state index in [0.717, 1.165) is 18.5 Å². The molecule has 1 unspecified atom stereocenters. The van der Waals surface area contributed by atoms with Crippen molar-refractivity contribution in [2.24, 2.45) is 0 Å². The molecule has 102 valence electrons. The van der Waals surface area contributed by atoms with Crippen LogP contribution in [0.2, 0.25) is 0 Å². The zero-order valence-electron chi connectivity index (χ0n) is 12.4. The third-order valence-corrected chi connectivity index (χ3v) is 3.43. The molecule has 0 bridgehead atoms. The molecule has 2 heteroatoms. The average molecular weight is 256 g/mol. The first-order chi connectivity index (χ1) is 8.97. The van der Waals surface area contributed by atoms with E-state index in [4.69, 9.17) is 0 Å². The fourth-order valence-electron chi connectivity index (χ4n) is 2.34. The van der Waals surface area contributed by atoms with E-state index in [0.29, 0.717) is 5.92 Å². The highest BCUT2D eigenvalue weighted by atomic mass is 14.9. The lowest BCUT2D eigenvalue weighted by Crippen LogP contribution is -2.36. The molecule has 1 heterocycles. The SMILES string of the molecule is CC(CCNC(C)(C)C)c1cccc2cccnc12. The molecule has 0 aliphatic carbocycles. The molecule has 0 spiro atoms. The van der Waals surface area contributed by atoms with Gasteiger partial charge in [-0.25, -0.2) is 0 Å². The molecular formula is C17H24N2. The fraction of sp³-hybridized carbons (Fsp3) is 0.471. The Labute approximate surface area is 116 Å². The summed E-state index contributed by atoms with van der Waals surface area (Å²) in [5.41, 5.74) is 2.69. The van der Waals surface area contributed by atoms with Crippen LogP contribution in [0.5, 0.6) is 0 Å². The highest BCUT2D eigenvalue weighted by Crippen LogP contribution is 2.25. The van der Waals surface area contributed by atoms with E-state index in [1.54, 1.807) is 0 Å². The van der Waals surface area contributed by atoms with Crippen LogP contribution in [0, 0.1) is 0 Å². The Morgan fingerprint density at radius 1 is 1.16 bits per heavy atom. The van der Waals surface area contributed by atoms with Gasteiger partial charge in [-0.1, -0.05) is 31.2 Å². The summed E-state index contributed by atoms with van der Waals surface area (Å²) in [6, 6.07) is 10.6. The number of aromatic nitrogens is 1. The Morgan fingerprint density at radius 2 is 1.89 bits per heavy atom. The summed E-state index contributed by atoms with van der Waals surface area (Å²) in [7, 11) is 0. The molecule has 1 aromatic carbocycles. The molecule has 2 nitrogen and oxygen atoms in total. The minimum atomic E-state index is 0.191. The van der Waals surface area contributed by atoms with Crippen LogP contribution in [0.25, 0.3) is 10.9 Å². The first-order valence-electron chi connectivity index (χ1n) is 7.06. The summed E-state index contributed by atoms with van der Waals surface area (Å²) in [6.45, 7) is 9.94. The predicted octanol–water partition coefficient (Wildman–Crippen LogP) is 4.12. The fourth-order valence-corrected chi connectivity index (χ4v) is 2.34. The standard InChI is InChI=1S/C17H24N2/c1-13(10-12-19-17(2,3)4)15-9-5-7-14-8-6-11-18-16(14)15/h5-9,11,13,19H,10,12H2,1-4H3. The third-order valence-electron chi connectivity index (χ3n) is 3.43. The van der Waals surface area contributed by atoms with Gasteiger partial charge in [-0.05, 0) is 51.3 Å². The molecule has 2 rings (SSSR count). The summed E-state index contributed by atoms with van der Waals surface area (Å²) in [5.74, 6) is 0.522. The van der Waals surface area contributed by atoms with Crippen LogP contribution in [0.3, 0.4) is 0 Å². The summed E-state index contributed by atoms with van der Waals surface area (Å²) in [4.78, 5) is 4.54. The van der Waals surface area contributed by atoms with Crippen molar-refractivity contribution < 1.29 is 0 Å². The van der Waals surface area contributed by atoms with E-state index in [2.05, 4.69) is 62.3 Å². The molecule has 2 aromatic rings. The van der Waals surface area contributed by atoms with Crippen LogP contribution < -0.4 is 5.32 Å². The van der Waals surface area contributed by atoms with Crippen LogP contribution in [-0.4, -0.2) is 17.1 Å². The monoisotopic (exact) mass is 256 g/mol. The second-order valence-corrected chi connectivity index (χ2v) is 6.29. The molecule has 0 fully saturated rings. The van der Waals surface area contributed by atoms with Gasteiger partial charge >= 0.3 is 0 Å². The maximum Gasteiger partial charge on any atom is 0.0736 e. The number of pyridine rings is 1. The van der Waals surface area contributed by atoms with E-state index in [1.165, 1.54) is 10.9 Å². The molecule has 0 aliphatic rings. The van der Waals surface area contributed by atoms with Crippen LogP contribution in [0.4, 0.5) is 0 Å². The summed E-state index contributed by atoms with van der Waals surface area (Å²) < 4.78 is 0. The average Bonchev–Trinajstić information content (AvgIpc) is 2.36. The van der Waals surface area contributed by atoms with Gasteiger partial charge < -0.3 is 5.32 Å². The summed E-state index contributed by atoms with van der Waals surface area (Å²) in [5, 5.41) is 4.78. The van der Waals surface area contributed by atoms with E-state index in [-0.39, 0.29) is 5.54 Å². The second-order valence-electron chi connectivity index (χ2n) is 6.29. The normalized spacial score (nSPS) is 13.7. The molecule has 1 aromatic heterocycles. The number of para-hydroxylation sites is 1. The van der Waals surface area contributed by atoms with Crippen molar-refractivity contribution >= 4 is 10.9 Å². The third kappa shape index (κ3) is 3.77. The molecule has 0 radical (unpaired) electrons. The summed E-state index contributed by atoms with van der Waals surface area (Å²) >= 11 is 0. The topological polar surface area (TPSA) is 24.9 Å². The quantitative estimate of drug-likeness (QED) is 0.890. The highest BCUT2D eigenvalue weighted by molar-refractivity contribution is 5.81. The Hall–Kier alpha value is -1.41. The van der Waals surface area contributed by atoms with Crippen molar-refractivity contribution in [3.8, 4) is 0 Å². The molecule has 19 heavy (non-hydrogen) atoms. The molecular weight excluding hydrogens is 232 g/mol. The van der Waals surface area contributed by atoms with Gasteiger partial charge in [-0.3, -0.25) is 4.98 Å². The van der Waals surface area contributed by atoms with E-state index >= 15 is 0 Å². The van der Waals surface area contributed by atoms with E-state index in [1.807, 2.05) is 12.3 Å². The number of benzene rings is 1. The lowest BCUT2D eigenvalue weighted by Gasteiger charge is -2.22. The van der Waals surface area contributed by atoms with Gasteiger partial charge in [-0.15, -0.1) is 0 Å².